The standard InChI is InChI=1S/C22H17BrCl2N4O3/c1-10-18-19(14(8-26)21(27)32-22(18)29-28-10)12-5-15(23)20(17(6-12)30-2)31-9-11-3-4-13(24)7-16(11)25/h3-7,19H,9,27H2,1-2H3,(H,28,29)/t19-/m0/s1. The van der Waals surface area contributed by atoms with Gasteiger partial charge in [0, 0.05) is 26.9 Å². The van der Waals surface area contributed by atoms with Crippen LogP contribution in [0.2, 0.25) is 10.0 Å². The topological polar surface area (TPSA) is 106 Å². The third kappa shape index (κ3) is 3.99. The molecule has 7 nitrogen and oxygen atoms in total. The molecule has 164 valence electrons. The Bertz CT molecular complexity index is 1280. The summed E-state index contributed by atoms with van der Waals surface area (Å²) in [6.07, 6.45) is 0. The largest absolute Gasteiger partial charge is 0.493 e. The lowest BCUT2D eigenvalue weighted by Crippen LogP contribution is -2.21. The Labute approximate surface area is 202 Å². The number of ether oxygens (including phenoxy) is 3. The first-order chi connectivity index (χ1) is 15.3. The molecule has 4 rings (SSSR count). The van der Waals surface area contributed by atoms with Gasteiger partial charge in [-0.3, -0.25) is 5.10 Å². The van der Waals surface area contributed by atoms with Crippen LogP contribution in [0.25, 0.3) is 0 Å². The van der Waals surface area contributed by atoms with Crippen molar-refractivity contribution in [2.24, 2.45) is 5.73 Å². The number of aryl methyl sites for hydroxylation is 1. The molecule has 0 saturated carbocycles. The van der Waals surface area contributed by atoms with Gasteiger partial charge in [0.25, 0.3) is 0 Å². The van der Waals surface area contributed by atoms with E-state index in [1.807, 2.05) is 13.0 Å². The van der Waals surface area contributed by atoms with Gasteiger partial charge in [-0.25, -0.2) is 0 Å². The van der Waals surface area contributed by atoms with E-state index in [0.717, 1.165) is 22.4 Å². The zero-order valence-corrected chi connectivity index (χ0v) is 20.1. The molecule has 3 aromatic rings. The van der Waals surface area contributed by atoms with Gasteiger partial charge in [0.1, 0.15) is 18.2 Å². The summed E-state index contributed by atoms with van der Waals surface area (Å²) in [5, 5.41) is 17.9. The Morgan fingerprint density at radius 3 is 2.78 bits per heavy atom. The highest BCUT2D eigenvalue weighted by Gasteiger charge is 2.35. The molecule has 3 N–H and O–H groups in total. The van der Waals surface area contributed by atoms with E-state index in [1.54, 1.807) is 31.4 Å². The van der Waals surface area contributed by atoms with Crippen molar-refractivity contribution in [2.75, 3.05) is 7.11 Å². The molecule has 1 aliphatic heterocycles. The van der Waals surface area contributed by atoms with Crippen molar-refractivity contribution in [3.8, 4) is 23.4 Å². The zero-order chi connectivity index (χ0) is 23.0. The normalized spacial score (nSPS) is 15.1. The molecule has 10 heteroatoms. The molecule has 0 saturated heterocycles. The van der Waals surface area contributed by atoms with E-state index in [-0.39, 0.29) is 18.1 Å². The van der Waals surface area contributed by atoms with Gasteiger partial charge in [0.05, 0.1) is 17.5 Å². The van der Waals surface area contributed by atoms with Crippen molar-refractivity contribution in [1.82, 2.24) is 10.2 Å². The highest BCUT2D eigenvalue weighted by atomic mass is 79.9. The van der Waals surface area contributed by atoms with Crippen LogP contribution in [0.3, 0.4) is 0 Å². The van der Waals surface area contributed by atoms with Gasteiger partial charge in [0.15, 0.2) is 11.5 Å². The molecule has 0 aliphatic carbocycles. The molecule has 0 unspecified atom stereocenters. The predicted molar refractivity (Wildman–Crippen MR) is 124 cm³/mol. The van der Waals surface area contributed by atoms with E-state index in [9.17, 15) is 5.26 Å². The second-order valence-corrected chi connectivity index (χ2v) is 8.75. The minimum Gasteiger partial charge on any atom is -0.493 e. The maximum atomic E-state index is 9.77. The maximum absolute atomic E-state index is 9.77. The molecule has 1 aliphatic rings. The van der Waals surface area contributed by atoms with E-state index in [2.05, 4.69) is 32.2 Å². The zero-order valence-electron chi connectivity index (χ0n) is 17.0. The molecular formula is C22H17BrCl2N4O3. The van der Waals surface area contributed by atoms with Crippen LogP contribution < -0.4 is 19.9 Å². The fraction of sp³-hybridized carbons (Fsp3) is 0.182. The summed E-state index contributed by atoms with van der Waals surface area (Å²) in [6, 6.07) is 11.0. The van der Waals surface area contributed by atoms with Gasteiger partial charge in [-0.1, -0.05) is 29.3 Å². The fourth-order valence-corrected chi connectivity index (χ4v) is 4.60. The molecule has 32 heavy (non-hydrogen) atoms. The summed E-state index contributed by atoms with van der Waals surface area (Å²) in [7, 11) is 1.54. The van der Waals surface area contributed by atoms with Crippen molar-refractivity contribution >= 4 is 39.1 Å². The lowest BCUT2D eigenvalue weighted by Gasteiger charge is -2.25. The predicted octanol–water partition coefficient (Wildman–Crippen LogP) is 5.59. The Balaban J connectivity index is 1.74. The number of H-pyrrole nitrogens is 1. The maximum Gasteiger partial charge on any atom is 0.244 e. The number of nitrogens with one attached hydrogen (secondary N) is 1. The van der Waals surface area contributed by atoms with Crippen molar-refractivity contribution in [3.63, 3.8) is 0 Å². The van der Waals surface area contributed by atoms with Crippen LogP contribution in [0.5, 0.6) is 17.4 Å². The summed E-state index contributed by atoms with van der Waals surface area (Å²) < 4.78 is 17.8. The third-order valence-corrected chi connectivity index (χ3v) is 6.28. The number of allylic oxidation sites excluding steroid dienone is 1. The molecule has 2 aromatic carbocycles. The molecular weight excluding hydrogens is 519 g/mol. The lowest BCUT2D eigenvalue weighted by atomic mass is 9.84. The van der Waals surface area contributed by atoms with Gasteiger partial charge in [-0.2, -0.15) is 5.26 Å². The summed E-state index contributed by atoms with van der Waals surface area (Å²) in [5.74, 6) is 0.854. The summed E-state index contributed by atoms with van der Waals surface area (Å²) in [4.78, 5) is 0. The van der Waals surface area contributed by atoms with E-state index in [1.165, 1.54) is 0 Å². The smallest absolute Gasteiger partial charge is 0.244 e. The first kappa shape index (κ1) is 22.3. The number of methoxy groups -OCH3 is 1. The van der Waals surface area contributed by atoms with Gasteiger partial charge >= 0.3 is 0 Å². The van der Waals surface area contributed by atoms with Crippen LogP contribution >= 0.6 is 39.1 Å². The second-order valence-electron chi connectivity index (χ2n) is 7.05. The van der Waals surface area contributed by atoms with Crippen LogP contribution in [-0.2, 0) is 6.61 Å². The molecule has 1 aromatic heterocycles. The number of hydrogen-bond donors (Lipinski definition) is 2. The van der Waals surface area contributed by atoms with Crippen molar-refractivity contribution in [1.29, 1.82) is 5.26 Å². The number of fused-ring (bicyclic) bond motifs is 1. The molecule has 0 radical (unpaired) electrons. The Morgan fingerprint density at radius 2 is 2.09 bits per heavy atom. The van der Waals surface area contributed by atoms with E-state index < -0.39 is 5.92 Å². The minimum atomic E-state index is -0.479. The van der Waals surface area contributed by atoms with Gasteiger partial charge in [-0.15, -0.1) is 5.10 Å². The monoisotopic (exact) mass is 534 g/mol. The number of rotatable bonds is 5. The van der Waals surface area contributed by atoms with Crippen molar-refractivity contribution in [2.45, 2.75) is 19.4 Å². The van der Waals surface area contributed by atoms with Crippen molar-refractivity contribution < 1.29 is 14.2 Å². The Hall–Kier alpha value is -2.86. The van der Waals surface area contributed by atoms with Crippen molar-refractivity contribution in [3.05, 3.63) is 78.7 Å². The highest BCUT2D eigenvalue weighted by molar-refractivity contribution is 9.10. The number of nitriles is 1. The van der Waals surface area contributed by atoms with Gasteiger partial charge < -0.3 is 19.9 Å². The third-order valence-electron chi connectivity index (χ3n) is 5.10. The number of aromatic nitrogens is 2. The number of halogens is 3. The molecule has 0 bridgehead atoms. The first-order valence-corrected chi connectivity index (χ1v) is 11.0. The van der Waals surface area contributed by atoms with Gasteiger partial charge in [-0.05, 0) is 52.7 Å². The van der Waals surface area contributed by atoms with E-state index >= 15 is 0 Å². The lowest BCUT2D eigenvalue weighted by molar-refractivity contribution is 0.282. The highest BCUT2D eigenvalue weighted by Crippen LogP contribution is 2.46. The molecule has 0 amide bonds. The Kier molecular flexibility index (Phi) is 6.24. The molecule has 0 fully saturated rings. The SMILES string of the molecule is COc1cc([C@H]2C(C#N)=C(N)Oc3n[nH]c(C)c32)cc(Br)c1OCc1ccc(Cl)cc1Cl. The average Bonchev–Trinajstić information content (AvgIpc) is 3.12. The first-order valence-electron chi connectivity index (χ1n) is 9.40. The summed E-state index contributed by atoms with van der Waals surface area (Å²) in [5.41, 5.74) is 9.36. The Morgan fingerprint density at radius 1 is 1.31 bits per heavy atom. The molecule has 1 atom stereocenters. The summed E-state index contributed by atoms with van der Waals surface area (Å²) in [6.45, 7) is 2.07. The second kappa shape index (κ2) is 8.94. The quantitative estimate of drug-likeness (QED) is 0.441. The van der Waals surface area contributed by atoms with Crippen LogP contribution in [0.15, 0.2) is 46.3 Å². The molecule has 2 heterocycles. The number of nitrogens with zero attached hydrogens (tertiary/aromatic N) is 2. The van der Waals surface area contributed by atoms with E-state index in [4.69, 9.17) is 43.1 Å². The fourth-order valence-electron chi connectivity index (χ4n) is 3.57. The number of benzene rings is 2. The van der Waals surface area contributed by atoms with Crippen LogP contribution in [0.4, 0.5) is 0 Å². The van der Waals surface area contributed by atoms with Gasteiger partial charge in [0.2, 0.25) is 11.8 Å². The van der Waals surface area contributed by atoms with Crippen LogP contribution in [0, 0.1) is 18.3 Å². The molecule has 0 spiro atoms. The van der Waals surface area contributed by atoms with Crippen LogP contribution in [-0.4, -0.2) is 17.3 Å². The number of hydrogen-bond acceptors (Lipinski definition) is 6. The number of nitrogens with two attached hydrogens (primary N) is 1. The van der Waals surface area contributed by atoms with E-state index in [0.29, 0.717) is 31.9 Å². The average molecular weight is 536 g/mol. The minimum absolute atomic E-state index is 0.0179. The number of aromatic amines is 1. The summed E-state index contributed by atoms with van der Waals surface area (Å²) >= 11 is 15.8. The van der Waals surface area contributed by atoms with Crippen LogP contribution in [0.1, 0.15) is 28.3 Å².